The number of carbonyl (C=O) groups is 1. The Bertz CT molecular complexity index is 876. The quantitative estimate of drug-likeness (QED) is 0.712. The number of hydrogen-bond donors (Lipinski definition) is 2. The Morgan fingerprint density at radius 2 is 1.69 bits per heavy atom. The highest BCUT2D eigenvalue weighted by Gasteiger charge is 2.10. The van der Waals surface area contributed by atoms with Gasteiger partial charge in [-0.25, -0.2) is 9.97 Å². The molecule has 0 bridgehead atoms. The normalized spacial score (nSPS) is 10.4. The van der Waals surface area contributed by atoms with Gasteiger partial charge in [0.2, 0.25) is 5.95 Å². The van der Waals surface area contributed by atoms with Crippen LogP contribution < -0.4 is 10.6 Å². The van der Waals surface area contributed by atoms with Crippen LogP contribution in [-0.2, 0) is 6.42 Å². The number of nitrogens with one attached hydrogen (secondary N) is 2. The standard InChI is InChI=1S/C21H22N4O/c1-15-8-10-18(11-9-15)24-21-23-16(2)14-19(25-21)20(26)22-13-12-17-6-4-3-5-7-17/h3-11,14H,12-13H2,1-2H3,(H,22,26)(H,23,24,25). The molecule has 0 saturated heterocycles. The fraction of sp³-hybridized carbons (Fsp3) is 0.190. The highest BCUT2D eigenvalue weighted by atomic mass is 16.1. The molecule has 1 aromatic heterocycles. The van der Waals surface area contributed by atoms with Crippen molar-refractivity contribution in [2.24, 2.45) is 0 Å². The van der Waals surface area contributed by atoms with Crippen molar-refractivity contribution in [1.29, 1.82) is 0 Å². The van der Waals surface area contributed by atoms with Gasteiger partial charge in [-0.2, -0.15) is 0 Å². The van der Waals surface area contributed by atoms with Crippen LogP contribution in [0.5, 0.6) is 0 Å². The fourth-order valence-corrected chi connectivity index (χ4v) is 2.56. The number of hydrogen-bond acceptors (Lipinski definition) is 4. The molecule has 3 aromatic rings. The number of carbonyl (C=O) groups excluding carboxylic acids is 1. The second-order valence-corrected chi connectivity index (χ2v) is 6.20. The summed E-state index contributed by atoms with van der Waals surface area (Å²) in [5.41, 5.74) is 4.35. The van der Waals surface area contributed by atoms with Crippen molar-refractivity contribution in [2.75, 3.05) is 11.9 Å². The summed E-state index contributed by atoms with van der Waals surface area (Å²) in [6, 6.07) is 19.7. The first-order chi connectivity index (χ1) is 12.6. The minimum atomic E-state index is -0.196. The third-order valence-corrected chi connectivity index (χ3v) is 3.94. The number of aromatic nitrogens is 2. The van der Waals surface area contributed by atoms with Crippen LogP contribution in [0.1, 0.15) is 27.3 Å². The molecular weight excluding hydrogens is 324 g/mol. The maximum absolute atomic E-state index is 12.4. The van der Waals surface area contributed by atoms with Gasteiger partial charge in [0.1, 0.15) is 5.69 Å². The van der Waals surface area contributed by atoms with Gasteiger partial charge in [0.05, 0.1) is 0 Å². The SMILES string of the molecule is Cc1ccc(Nc2nc(C)cc(C(=O)NCCc3ccccc3)n2)cc1. The van der Waals surface area contributed by atoms with Crippen molar-refractivity contribution in [1.82, 2.24) is 15.3 Å². The molecular formula is C21H22N4O. The molecule has 1 heterocycles. The molecule has 0 saturated carbocycles. The first kappa shape index (κ1) is 17.6. The van der Waals surface area contributed by atoms with E-state index in [4.69, 9.17) is 0 Å². The highest BCUT2D eigenvalue weighted by Crippen LogP contribution is 2.14. The average Bonchev–Trinajstić information content (AvgIpc) is 2.64. The summed E-state index contributed by atoms with van der Waals surface area (Å²) in [6.45, 7) is 4.44. The summed E-state index contributed by atoms with van der Waals surface area (Å²) in [6.07, 6.45) is 0.783. The Labute approximate surface area is 153 Å². The maximum atomic E-state index is 12.4. The number of anilines is 2. The van der Waals surface area contributed by atoms with Gasteiger partial charge in [-0.3, -0.25) is 4.79 Å². The summed E-state index contributed by atoms with van der Waals surface area (Å²) >= 11 is 0. The molecule has 0 atom stereocenters. The summed E-state index contributed by atoms with van der Waals surface area (Å²) < 4.78 is 0. The molecule has 2 N–H and O–H groups in total. The molecule has 0 fully saturated rings. The van der Waals surface area contributed by atoms with E-state index < -0.39 is 0 Å². The topological polar surface area (TPSA) is 66.9 Å². The molecule has 5 nitrogen and oxygen atoms in total. The maximum Gasteiger partial charge on any atom is 0.270 e. The van der Waals surface area contributed by atoms with Gasteiger partial charge in [-0.05, 0) is 44.0 Å². The molecule has 26 heavy (non-hydrogen) atoms. The molecule has 2 aromatic carbocycles. The zero-order chi connectivity index (χ0) is 18.4. The number of rotatable bonds is 6. The van der Waals surface area contributed by atoms with Crippen LogP contribution in [0.2, 0.25) is 0 Å². The number of amides is 1. The predicted octanol–water partition coefficient (Wildman–Crippen LogP) is 3.81. The van der Waals surface area contributed by atoms with E-state index in [0.717, 1.165) is 17.8 Å². The number of aryl methyl sites for hydroxylation is 2. The Kier molecular flexibility index (Phi) is 5.59. The van der Waals surface area contributed by atoms with Crippen LogP contribution in [0.3, 0.4) is 0 Å². The van der Waals surface area contributed by atoms with Crippen molar-refractivity contribution in [3.05, 3.63) is 83.2 Å². The Morgan fingerprint density at radius 3 is 2.42 bits per heavy atom. The van der Waals surface area contributed by atoms with Gasteiger partial charge in [-0.15, -0.1) is 0 Å². The van der Waals surface area contributed by atoms with Crippen LogP contribution in [0.4, 0.5) is 11.6 Å². The smallest absolute Gasteiger partial charge is 0.270 e. The summed E-state index contributed by atoms with van der Waals surface area (Å²) in [5.74, 6) is 0.223. The predicted molar refractivity (Wildman–Crippen MR) is 104 cm³/mol. The lowest BCUT2D eigenvalue weighted by Gasteiger charge is -2.09. The van der Waals surface area contributed by atoms with Crippen molar-refractivity contribution >= 4 is 17.5 Å². The molecule has 132 valence electrons. The van der Waals surface area contributed by atoms with Gasteiger partial charge in [-0.1, -0.05) is 48.0 Å². The average molecular weight is 346 g/mol. The molecule has 0 aliphatic heterocycles. The van der Waals surface area contributed by atoms with E-state index in [1.807, 2.05) is 68.4 Å². The van der Waals surface area contributed by atoms with Gasteiger partial charge in [0, 0.05) is 17.9 Å². The molecule has 0 unspecified atom stereocenters. The van der Waals surface area contributed by atoms with Crippen LogP contribution in [0, 0.1) is 13.8 Å². The van der Waals surface area contributed by atoms with Crippen LogP contribution in [-0.4, -0.2) is 22.4 Å². The molecule has 0 aliphatic rings. The van der Waals surface area contributed by atoms with Crippen molar-refractivity contribution in [3.63, 3.8) is 0 Å². The first-order valence-electron chi connectivity index (χ1n) is 8.62. The molecule has 1 amide bonds. The lowest BCUT2D eigenvalue weighted by molar-refractivity contribution is 0.0949. The van der Waals surface area contributed by atoms with E-state index in [0.29, 0.717) is 18.2 Å². The van der Waals surface area contributed by atoms with E-state index in [9.17, 15) is 4.79 Å². The van der Waals surface area contributed by atoms with Crippen molar-refractivity contribution < 1.29 is 4.79 Å². The third kappa shape index (κ3) is 4.89. The molecule has 0 spiro atoms. The Balaban J connectivity index is 1.64. The lowest BCUT2D eigenvalue weighted by Crippen LogP contribution is -2.27. The second-order valence-electron chi connectivity index (χ2n) is 6.20. The largest absolute Gasteiger partial charge is 0.350 e. The van der Waals surface area contributed by atoms with Gasteiger partial charge in [0.15, 0.2) is 0 Å². The Morgan fingerprint density at radius 1 is 0.962 bits per heavy atom. The van der Waals surface area contributed by atoms with Crippen molar-refractivity contribution in [3.8, 4) is 0 Å². The van der Waals surface area contributed by atoms with Crippen LogP contribution in [0.25, 0.3) is 0 Å². The van der Waals surface area contributed by atoms with Crippen LogP contribution >= 0.6 is 0 Å². The first-order valence-corrected chi connectivity index (χ1v) is 8.62. The fourth-order valence-electron chi connectivity index (χ4n) is 2.56. The summed E-state index contributed by atoms with van der Waals surface area (Å²) in [7, 11) is 0. The van der Waals surface area contributed by atoms with Crippen molar-refractivity contribution in [2.45, 2.75) is 20.3 Å². The van der Waals surface area contributed by atoms with Gasteiger partial charge >= 0.3 is 0 Å². The number of nitrogens with zero attached hydrogens (tertiary/aromatic N) is 2. The summed E-state index contributed by atoms with van der Waals surface area (Å²) in [5, 5.41) is 6.06. The minimum absolute atomic E-state index is 0.196. The van der Waals surface area contributed by atoms with Crippen LogP contribution in [0.15, 0.2) is 60.7 Å². The Hall–Kier alpha value is -3.21. The molecule has 3 rings (SSSR count). The summed E-state index contributed by atoms with van der Waals surface area (Å²) in [4.78, 5) is 21.1. The second kappa shape index (κ2) is 8.25. The van der Waals surface area contributed by atoms with E-state index in [-0.39, 0.29) is 5.91 Å². The molecule has 0 aliphatic carbocycles. The van der Waals surface area contributed by atoms with Gasteiger partial charge < -0.3 is 10.6 Å². The third-order valence-electron chi connectivity index (χ3n) is 3.94. The number of benzene rings is 2. The van der Waals surface area contributed by atoms with E-state index >= 15 is 0 Å². The zero-order valence-electron chi connectivity index (χ0n) is 15.0. The zero-order valence-corrected chi connectivity index (χ0v) is 15.0. The highest BCUT2D eigenvalue weighted by molar-refractivity contribution is 5.92. The van der Waals surface area contributed by atoms with E-state index in [1.165, 1.54) is 11.1 Å². The van der Waals surface area contributed by atoms with E-state index in [2.05, 4.69) is 20.6 Å². The molecule has 5 heteroatoms. The molecule has 0 radical (unpaired) electrons. The van der Waals surface area contributed by atoms with E-state index in [1.54, 1.807) is 6.07 Å². The lowest BCUT2D eigenvalue weighted by atomic mass is 10.1. The minimum Gasteiger partial charge on any atom is -0.350 e. The monoisotopic (exact) mass is 346 g/mol. The van der Waals surface area contributed by atoms with Gasteiger partial charge in [0.25, 0.3) is 5.91 Å².